The molecule has 3 rings (SSSR count). The van der Waals surface area contributed by atoms with Crippen LogP contribution < -0.4 is 0 Å². The van der Waals surface area contributed by atoms with E-state index >= 15 is 0 Å². The maximum atomic E-state index is 12.8. The topological polar surface area (TPSA) is 44.8 Å². The van der Waals surface area contributed by atoms with Crippen LogP contribution in [0.25, 0.3) is 10.2 Å². The van der Waals surface area contributed by atoms with Crippen molar-refractivity contribution < 1.29 is 18.7 Å². The van der Waals surface area contributed by atoms with Gasteiger partial charge in [-0.25, -0.2) is 0 Å². The Labute approximate surface area is 194 Å². The average Bonchev–Trinajstić information content (AvgIpc) is 2.70. The largest absolute Gasteiger partial charge is 0.466 e. The zero-order chi connectivity index (χ0) is 22.9. The highest BCUT2D eigenvalue weighted by Gasteiger charge is 2.52. The van der Waals surface area contributed by atoms with Crippen molar-refractivity contribution in [1.29, 1.82) is 0 Å². The molecule has 0 fully saturated rings. The summed E-state index contributed by atoms with van der Waals surface area (Å²) < 4.78 is 19.8. The van der Waals surface area contributed by atoms with E-state index in [1.54, 1.807) is 6.92 Å². The lowest BCUT2D eigenvalue weighted by Gasteiger charge is -2.47. The monoisotopic (exact) mass is 502 g/mol. The SMILES string of the molecule is CCOC(=O)CC1(O[Si](C)(C)C(C)(C)C)OC(c2ccccc2)=C(Br)c2ccccc21. The molecule has 166 valence electrons. The summed E-state index contributed by atoms with van der Waals surface area (Å²) in [4.78, 5) is 12.8. The van der Waals surface area contributed by atoms with Crippen LogP contribution in [0.3, 0.4) is 0 Å². The molecule has 0 N–H and O–H groups in total. The van der Waals surface area contributed by atoms with E-state index < -0.39 is 14.1 Å². The number of rotatable bonds is 6. The number of halogens is 1. The summed E-state index contributed by atoms with van der Waals surface area (Å²) in [7, 11) is -2.35. The number of esters is 1. The summed E-state index contributed by atoms with van der Waals surface area (Å²) in [5.41, 5.74) is 2.70. The summed E-state index contributed by atoms with van der Waals surface area (Å²) in [6.45, 7) is 13.0. The van der Waals surface area contributed by atoms with Crippen LogP contribution in [-0.4, -0.2) is 20.9 Å². The Morgan fingerprint density at radius 3 is 2.29 bits per heavy atom. The van der Waals surface area contributed by atoms with Crippen molar-refractivity contribution in [3.63, 3.8) is 0 Å². The molecule has 2 aromatic carbocycles. The van der Waals surface area contributed by atoms with Gasteiger partial charge in [0.2, 0.25) is 5.79 Å². The zero-order valence-corrected chi connectivity index (χ0v) is 21.7. The standard InChI is InChI=1S/C25H31BrO4Si/c1-7-28-21(27)17-25(30-31(5,6)24(2,3)4)20-16-12-11-15-19(20)22(26)23(29-25)18-13-9-8-10-14-18/h8-16H,7,17H2,1-6H3. The Morgan fingerprint density at radius 1 is 1.06 bits per heavy atom. The molecule has 2 aromatic rings. The summed E-state index contributed by atoms with van der Waals surface area (Å²) in [5, 5.41) is -0.0712. The molecule has 4 nitrogen and oxygen atoms in total. The first-order valence-corrected chi connectivity index (χ1v) is 14.3. The van der Waals surface area contributed by atoms with Crippen molar-refractivity contribution in [2.45, 2.75) is 58.0 Å². The van der Waals surface area contributed by atoms with Gasteiger partial charge in [-0.15, -0.1) is 0 Å². The molecule has 1 unspecified atom stereocenters. The molecule has 1 aliphatic heterocycles. The normalized spacial score (nSPS) is 18.9. The number of hydrogen-bond donors (Lipinski definition) is 0. The average molecular weight is 504 g/mol. The quantitative estimate of drug-likeness (QED) is 0.313. The van der Waals surface area contributed by atoms with E-state index in [9.17, 15) is 4.79 Å². The van der Waals surface area contributed by atoms with Crippen LogP contribution >= 0.6 is 15.9 Å². The number of hydrogen-bond acceptors (Lipinski definition) is 4. The smallest absolute Gasteiger partial charge is 0.312 e. The van der Waals surface area contributed by atoms with Crippen LogP contribution in [0.5, 0.6) is 0 Å². The molecule has 0 saturated heterocycles. The van der Waals surface area contributed by atoms with Crippen molar-refractivity contribution in [3.8, 4) is 0 Å². The maximum Gasteiger partial charge on any atom is 0.312 e. The van der Waals surface area contributed by atoms with E-state index in [0.29, 0.717) is 12.4 Å². The lowest BCUT2D eigenvalue weighted by Crippen LogP contribution is -2.51. The van der Waals surface area contributed by atoms with Gasteiger partial charge in [0.15, 0.2) is 8.32 Å². The van der Waals surface area contributed by atoms with E-state index in [-0.39, 0.29) is 17.4 Å². The second kappa shape index (κ2) is 8.92. The van der Waals surface area contributed by atoms with Crippen LogP contribution in [0.4, 0.5) is 0 Å². The van der Waals surface area contributed by atoms with Crippen LogP contribution in [0.1, 0.15) is 50.8 Å². The van der Waals surface area contributed by atoms with E-state index in [1.165, 1.54) is 0 Å². The molecule has 0 saturated carbocycles. The highest BCUT2D eigenvalue weighted by atomic mass is 79.9. The second-order valence-corrected chi connectivity index (χ2v) is 14.8. The van der Waals surface area contributed by atoms with Gasteiger partial charge in [0, 0.05) is 16.7 Å². The minimum absolute atomic E-state index is 0.0268. The van der Waals surface area contributed by atoms with Gasteiger partial charge in [0.1, 0.15) is 12.2 Å². The first-order valence-electron chi connectivity index (χ1n) is 10.6. The van der Waals surface area contributed by atoms with E-state index in [2.05, 4.69) is 49.8 Å². The van der Waals surface area contributed by atoms with Gasteiger partial charge in [-0.3, -0.25) is 4.79 Å². The number of carbonyl (C=O) groups is 1. The molecule has 6 heteroatoms. The van der Waals surface area contributed by atoms with Gasteiger partial charge in [-0.1, -0.05) is 75.4 Å². The van der Waals surface area contributed by atoms with Crippen LogP contribution in [-0.2, 0) is 24.5 Å². The minimum atomic E-state index is -2.35. The molecule has 31 heavy (non-hydrogen) atoms. The maximum absolute atomic E-state index is 12.8. The molecule has 0 radical (unpaired) electrons. The van der Waals surface area contributed by atoms with Gasteiger partial charge in [0.05, 0.1) is 11.1 Å². The third-order valence-electron chi connectivity index (χ3n) is 5.98. The Balaban J connectivity index is 2.23. The third kappa shape index (κ3) is 4.81. The fourth-order valence-electron chi connectivity index (χ4n) is 3.38. The number of fused-ring (bicyclic) bond motifs is 1. The Bertz CT molecular complexity index is 979. The molecule has 0 amide bonds. The molecule has 1 aliphatic rings. The van der Waals surface area contributed by atoms with Gasteiger partial charge in [-0.2, -0.15) is 0 Å². The summed E-state index contributed by atoms with van der Waals surface area (Å²) in [6, 6.07) is 17.8. The lowest BCUT2D eigenvalue weighted by molar-refractivity contribution is -0.181. The lowest BCUT2D eigenvalue weighted by atomic mass is 9.92. The van der Waals surface area contributed by atoms with Crippen molar-refractivity contribution in [3.05, 3.63) is 71.3 Å². The summed E-state index contributed by atoms with van der Waals surface area (Å²) >= 11 is 3.75. The molecular weight excluding hydrogens is 472 g/mol. The van der Waals surface area contributed by atoms with Crippen molar-refractivity contribution in [1.82, 2.24) is 0 Å². The number of carbonyl (C=O) groups excluding carboxylic acids is 1. The molecular formula is C25H31BrO4Si. The second-order valence-electron chi connectivity index (χ2n) is 9.25. The highest BCUT2D eigenvalue weighted by molar-refractivity contribution is 9.15. The van der Waals surface area contributed by atoms with Crippen LogP contribution in [0.2, 0.25) is 18.1 Å². The predicted octanol–water partition coefficient (Wildman–Crippen LogP) is 7.07. The first-order chi connectivity index (χ1) is 14.5. The summed E-state index contributed by atoms with van der Waals surface area (Å²) in [5.74, 6) is -0.961. The first kappa shape index (κ1) is 23.8. The van der Waals surface area contributed by atoms with E-state index in [0.717, 1.165) is 21.2 Å². The number of ether oxygens (including phenoxy) is 2. The molecule has 1 heterocycles. The minimum Gasteiger partial charge on any atom is -0.466 e. The van der Waals surface area contributed by atoms with E-state index in [1.807, 2.05) is 54.6 Å². The Kier molecular flexibility index (Phi) is 6.84. The van der Waals surface area contributed by atoms with Crippen molar-refractivity contribution in [2.75, 3.05) is 6.61 Å². The summed E-state index contributed by atoms with van der Waals surface area (Å²) in [6.07, 6.45) is -0.0268. The highest BCUT2D eigenvalue weighted by Crippen LogP contribution is 2.52. The molecule has 0 spiro atoms. The molecule has 1 atom stereocenters. The van der Waals surface area contributed by atoms with Crippen molar-refractivity contribution >= 4 is 40.5 Å². The van der Waals surface area contributed by atoms with E-state index in [4.69, 9.17) is 13.9 Å². The molecule has 0 aliphatic carbocycles. The third-order valence-corrected chi connectivity index (χ3v) is 11.2. The Morgan fingerprint density at radius 2 is 1.68 bits per heavy atom. The van der Waals surface area contributed by atoms with Gasteiger partial charge in [-0.05, 0) is 41.0 Å². The van der Waals surface area contributed by atoms with Crippen molar-refractivity contribution in [2.24, 2.45) is 0 Å². The van der Waals surface area contributed by atoms with Gasteiger partial charge in [0.25, 0.3) is 0 Å². The van der Waals surface area contributed by atoms with Gasteiger partial charge < -0.3 is 13.9 Å². The van der Waals surface area contributed by atoms with Crippen LogP contribution in [0, 0.1) is 0 Å². The zero-order valence-electron chi connectivity index (χ0n) is 19.1. The molecule has 0 bridgehead atoms. The molecule has 0 aromatic heterocycles. The fourth-order valence-corrected chi connectivity index (χ4v) is 5.39. The Hall–Kier alpha value is -1.89. The van der Waals surface area contributed by atoms with Gasteiger partial charge >= 0.3 is 5.97 Å². The fraction of sp³-hybridized carbons (Fsp3) is 0.400. The van der Waals surface area contributed by atoms with Crippen LogP contribution in [0.15, 0.2) is 54.6 Å². The predicted molar refractivity (Wildman–Crippen MR) is 131 cm³/mol. The number of benzene rings is 2.